The van der Waals surface area contributed by atoms with Crippen LogP contribution in [0.5, 0.6) is 0 Å². The molecule has 0 amide bonds. The summed E-state index contributed by atoms with van der Waals surface area (Å²) in [7, 11) is 1.55. The van der Waals surface area contributed by atoms with Gasteiger partial charge in [-0.1, -0.05) is 0 Å². The van der Waals surface area contributed by atoms with Crippen LogP contribution in [0.15, 0.2) is 0 Å². The Morgan fingerprint density at radius 2 is 1.43 bits per heavy atom. The summed E-state index contributed by atoms with van der Waals surface area (Å²) in [6.45, 7) is 4.93. The van der Waals surface area contributed by atoms with Crippen molar-refractivity contribution in [3.8, 4) is 0 Å². The first kappa shape index (κ1) is 16.2. The lowest BCUT2D eigenvalue weighted by atomic mass is 10.7. The Kier molecular flexibility index (Phi) is 21.5. The second kappa shape index (κ2) is 18.6. The molecule has 0 aliphatic rings. The maximum Gasteiger partial charge on any atom is 0.0701 e. The Labute approximate surface area is 85.6 Å². The van der Waals surface area contributed by atoms with Crippen LogP contribution >= 0.6 is 0 Å². The maximum atomic E-state index is 8.26. The topological polar surface area (TPSA) is 68.2 Å². The number of hydrogen-bond acceptors (Lipinski definition) is 5. The molecule has 0 radical (unpaired) electrons. The lowest BCUT2D eigenvalue weighted by Crippen LogP contribution is -2.06. The van der Waals surface area contributed by atoms with Crippen molar-refractivity contribution >= 4 is 0 Å². The van der Waals surface area contributed by atoms with Crippen LogP contribution in [0.3, 0.4) is 0 Å². The molecule has 0 bridgehead atoms. The van der Waals surface area contributed by atoms with Crippen LogP contribution in [-0.4, -0.2) is 63.6 Å². The van der Waals surface area contributed by atoms with E-state index in [2.05, 4.69) is 4.74 Å². The monoisotopic (exact) mass is 210 g/mol. The molecule has 0 saturated carbocycles. The second-order valence-corrected chi connectivity index (χ2v) is 2.25. The molecule has 0 saturated heterocycles. The van der Waals surface area contributed by atoms with Crippen LogP contribution in [-0.2, 0) is 14.2 Å². The highest BCUT2D eigenvalue weighted by molar-refractivity contribution is 4.28. The average Bonchev–Trinajstić information content (AvgIpc) is 2.20. The van der Waals surface area contributed by atoms with Crippen LogP contribution < -0.4 is 0 Å². The van der Waals surface area contributed by atoms with E-state index in [0.29, 0.717) is 26.4 Å². The summed E-state index contributed by atoms with van der Waals surface area (Å²) in [6, 6.07) is 0. The SMILES string of the molecule is CCOCCOCCO.COCCO. The van der Waals surface area contributed by atoms with Gasteiger partial charge < -0.3 is 24.4 Å². The van der Waals surface area contributed by atoms with Gasteiger partial charge in [-0.25, -0.2) is 0 Å². The Bertz CT molecular complexity index is 71.6. The van der Waals surface area contributed by atoms with Gasteiger partial charge >= 0.3 is 0 Å². The van der Waals surface area contributed by atoms with E-state index in [4.69, 9.17) is 19.7 Å². The summed E-state index contributed by atoms with van der Waals surface area (Å²) in [5.41, 5.74) is 0. The van der Waals surface area contributed by atoms with Gasteiger partial charge in [-0.2, -0.15) is 0 Å². The average molecular weight is 210 g/mol. The van der Waals surface area contributed by atoms with Gasteiger partial charge in [0.15, 0.2) is 0 Å². The highest BCUT2D eigenvalue weighted by Gasteiger charge is 1.84. The van der Waals surface area contributed by atoms with Crippen molar-refractivity contribution in [2.24, 2.45) is 0 Å². The molecular weight excluding hydrogens is 188 g/mol. The van der Waals surface area contributed by atoms with E-state index < -0.39 is 0 Å². The van der Waals surface area contributed by atoms with Gasteiger partial charge in [-0.3, -0.25) is 0 Å². The van der Waals surface area contributed by atoms with E-state index in [1.807, 2.05) is 6.92 Å². The van der Waals surface area contributed by atoms with Gasteiger partial charge in [0.05, 0.1) is 39.6 Å². The number of hydrogen-bond donors (Lipinski definition) is 2. The van der Waals surface area contributed by atoms with Crippen molar-refractivity contribution in [1.29, 1.82) is 0 Å². The zero-order valence-corrected chi connectivity index (χ0v) is 9.07. The van der Waals surface area contributed by atoms with E-state index in [9.17, 15) is 0 Å². The molecule has 0 rings (SSSR count). The summed E-state index contributed by atoms with van der Waals surface area (Å²) in [5, 5.41) is 16.2. The third-order valence-corrected chi connectivity index (χ3v) is 1.11. The van der Waals surface area contributed by atoms with E-state index in [-0.39, 0.29) is 13.2 Å². The minimum absolute atomic E-state index is 0.0894. The normalized spacial score (nSPS) is 9.43. The molecule has 14 heavy (non-hydrogen) atoms. The van der Waals surface area contributed by atoms with Gasteiger partial charge in [-0.15, -0.1) is 0 Å². The van der Waals surface area contributed by atoms with Crippen molar-refractivity contribution in [2.75, 3.05) is 53.4 Å². The van der Waals surface area contributed by atoms with E-state index in [1.54, 1.807) is 7.11 Å². The highest BCUT2D eigenvalue weighted by atomic mass is 16.5. The summed E-state index contributed by atoms with van der Waals surface area (Å²) >= 11 is 0. The summed E-state index contributed by atoms with van der Waals surface area (Å²) in [4.78, 5) is 0. The molecule has 0 spiro atoms. The Balaban J connectivity index is 0. The molecule has 0 aromatic rings. The van der Waals surface area contributed by atoms with Crippen molar-refractivity contribution in [2.45, 2.75) is 6.92 Å². The molecule has 0 aliphatic heterocycles. The van der Waals surface area contributed by atoms with E-state index in [1.165, 1.54) is 0 Å². The molecule has 88 valence electrons. The number of aliphatic hydroxyl groups excluding tert-OH is 2. The fourth-order valence-corrected chi connectivity index (χ4v) is 0.520. The first-order valence-corrected chi connectivity index (χ1v) is 4.69. The van der Waals surface area contributed by atoms with Crippen molar-refractivity contribution in [3.05, 3.63) is 0 Å². The van der Waals surface area contributed by atoms with Crippen LogP contribution in [0.2, 0.25) is 0 Å². The van der Waals surface area contributed by atoms with Crippen LogP contribution in [0.25, 0.3) is 0 Å². The van der Waals surface area contributed by atoms with Gasteiger partial charge in [0.1, 0.15) is 0 Å². The molecule has 2 N–H and O–H groups in total. The standard InChI is InChI=1S/C6H14O3.C3H8O2/c1-2-8-5-6-9-4-3-7;1-5-3-2-4/h7H,2-6H2,1H3;4H,2-3H2,1H3. The first-order chi connectivity index (χ1) is 6.83. The van der Waals surface area contributed by atoms with E-state index in [0.717, 1.165) is 6.61 Å². The molecule has 5 heteroatoms. The van der Waals surface area contributed by atoms with Gasteiger partial charge in [-0.05, 0) is 6.92 Å². The number of aliphatic hydroxyl groups is 2. The fraction of sp³-hybridized carbons (Fsp3) is 1.00. The number of rotatable bonds is 8. The third-order valence-electron chi connectivity index (χ3n) is 1.11. The van der Waals surface area contributed by atoms with Crippen LogP contribution in [0.4, 0.5) is 0 Å². The van der Waals surface area contributed by atoms with Crippen LogP contribution in [0, 0.1) is 0 Å². The molecule has 0 aromatic carbocycles. The summed E-state index contributed by atoms with van der Waals surface area (Å²) in [5.74, 6) is 0. The maximum absolute atomic E-state index is 8.26. The highest BCUT2D eigenvalue weighted by Crippen LogP contribution is 1.76. The third kappa shape index (κ3) is 22.6. The number of ether oxygens (including phenoxy) is 3. The molecule has 0 heterocycles. The fourth-order valence-electron chi connectivity index (χ4n) is 0.520. The van der Waals surface area contributed by atoms with Crippen molar-refractivity contribution in [3.63, 3.8) is 0 Å². The minimum Gasteiger partial charge on any atom is -0.394 e. The zero-order valence-electron chi connectivity index (χ0n) is 9.07. The predicted molar refractivity (Wildman–Crippen MR) is 53.4 cm³/mol. The first-order valence-electron chi connectivity index (χ1n) is 4.69. The Morgan fingerprint density at radius 1 is 0.857 bits per heavy atom. The molecular formula is C9H22O5. The second-order valence-electron chi connectivity index (χ2n) is 2.25. The summed E-state index contributed by atoms with van der Waals surface area (Å²) in [6.07, 6.45) is 0. The lowest BCUT2D eigenvalue weighted by molar-refractivity contribution is 0.0370. The molecule has 0 aromatic heterocycles. The molecule has 5 nitrogen and oxygen atoms in total. The van der Waals surface area contributed by atoms with Gasteiger partial charge in [0.2, 0.25) is 0 Å². The Hall–Kier alpha value is -0.200. The minimum atomic E-state index is 0.0894. The largest absolute Gasteiger partial charge is 0.394 e. The van der Waals surface area contributed by atoms with Gasteiger partial charge in [0.25, 0.3) is 0 Å². The molecule has 0 unspecified atom stereocenters. The Morgan fingerprint density at radius 3 is 1.79 bits per heavy atom. The zero-order chi connectivity index (χ0) is 11.1. The number of methoxy groups -OCH3 is 1. The lowest BCUT2D eigenvalue weighted by Gasteiger charge is -2.00. The molecule has 0 aliphatic carbocycles. The molecule has 0 atom stereocenters. The summed E-state index contributed by atoms with van der Waals surface area (Å²) < 4.78 is 14.3. The van der Waals surface area contributed by atoms with Crippen LogP contribution in [0.1, 0.15) is 6.92 Å². The van der Waals surface area contributed by atoms with Crippen molar-refractivity contribution < 1.29 is 24.4 Å². The smallest absolute Gasteiger partial charge is 0.0701 e. The predicted octanol–water partition coefficient (Wildman–Crippen LogP) is -0.343. The molecule has 0 fully saturated rings. The van der Waals surface area contributed by atoms with Gasteiger partial charge in [0, 0.05) is 13.7 Å². The van der Waals surface area contributed by atoms with E-state index >= 15 is 0 Å². The van der Waals surface area contributed by atoms with Crippen molar-refractivity contribution in [1.82, 2.24) is 0 Å². The quantitative estimate of drug-likeness (QED) is 0.536.